The smallest absolute Gasteiger partial charge is 0.231 e. The van der Waals surface area contributed by atoms with E-state index in [0.717, 1.165) is 37.4 Å². The van der Waals surface area contributed by atoms with Crippen LogP contribution in [0.3, 0.4) is 0 Å². The van der Waals surface area contributed by atoms with E-state index in [1.807, 2.05) is 23.1 Å². The van der Waals surface area contributed by atoms with Crippen LogP contribution in [0, 0.1) is 5.92 Å². The summed E-state index contributed by atoms with van der Waals surface area (Å²) >= 11 is 0. The van der Waals surface area contributed by atoms with Gasteiger partial charge in [0.15, 0.2) is 0 Å². The Kier molecular flexibility index (Phi) is 6.77. The second-order valence-electron chi connectivity index (χ2n) is 9.65. The summed E-state index contributed by atoms with van der Waals surface area (Å²) in [4.78, 5) is 29.9. The van der Waals surface area contributed by atoms with E-state index in [1.165, 1.54) is 32.2 Å². The van der Waals surface area contributed by atoms with Crippen LogP contribution in [0.2, 0.25) is 0 Å². The molecule has 4 rings (SSSR count). The molecule has 1 aromatic rings. The minimum Gasteiger partial charge on any atom is -0.352 e. The Balaban J connectivity index is 1.37. The van der Waals surface area contributed by atoms with E-state index in [0.29, 0.717) is 25.9 Å². The molecule has 164 valence electrons. The molecule has 2 heterocycles. The number of nitrogens with zero attached hydrogens (tertiary/aromatic N) is 2. The molecule has 2 aliphatic heterocycles. The molecule has 0 radical (unpaired) electrons. The Labute approximate surface area is 181 Å². The third kappa shape index (κ3) is 4.72. The molecule has 1 aliphatic carbocycles. The van der Waals surface area contributed by atoms with Gasteiger partial charge in [0.2, 0.25) is 11.8 Å². The number of benzene rings is 1. The van der Waals surface area contributed by atoms with Gasteiger partial charge in [0.05, 0.1) is 5.41 Å². The molecule has 0 aromatic heterocycles. The van der Waals surface area contributed by atoms with Crippen molar-refractivity contribution in [1.29, 1.82) is 0 Å². The SMILES string of the molecule is CC(=O)N1CCC(C(=O)NC2CCN(CC3CCCC3)CC2)(c2ccccc2)CC1. The highest BCUT2D eigenvalue weighted by Gasteiger charge is 2.44. The molecule has 5 nitrogen and oxygen atoms in total. The van der Waals surface area contributed by atoms with Crippen LogP contribution in [-0.2, 0) is 15.0 Å². The second kappa shape index (κ2) is 9.51. The average molecular weight is 412 g/mol. The van der Waals surface area contributed by atoms with Crippen molar-refractivity contribution in [2.24, 2.45) is 5.92 Å². The summed E-state index contributed by atoms with van der Waals surface area (Å²) in [6.07, 6.45) is 9.08. The molecule has 1 N–H and O–H groups in total. The Morgan fingerprint density at radius 2 is 1.60 bits per heavy atom. The molecule has 30 heavy (non-hydrogen) atoms. The van der Waals surface area contributed by atoms with Crippen molar-refractivity contribution >= 4 is 11.8 Å². The molecule has 3 fully saturated rings. The Hall–Kier alpha value is -1.88. The van der Waals surface area contributed by atoms with Crippen molar-refractivity contribution in [2.45, 2.75) is 69.7 Å². The first-order valence-electron chi connectivity index (χ1n) is 11.9. The van der Waals surface area contributed by atoms with Crippen LogP contribution in [0.4, 0.5) is 0 Å². The van der Waals surface area contributed by atoms with Crippen molar-refractivity contribution in [3.8, 4) is 0 Å². The molecule has 0 bridgehead atoms. The summed E-state index contributed by atoms with van der Waals surface area (Å²) < 4.78 is 0. The van der Waals surface area contributed by atoms with E-state index in [2.05, 4.69) is 22.3 Å². The summed E-state index contributed by atoms with van der Waals surface area (Å²) in [5.74, 6) is 1.15. The van der Waals surface area contributed by atoms with Crippen molar-refractivity contribution in [3.05, 3.63) is 35.9 Å². The lowest BCUT2D eigenvalue weighted by Gasteiger charge is -2.42. The molecule has 2 saturated heterocycles. The van der Waals surface area contributed by atoms with Crippen molar-refractivity contribution < 1.29 is 9.59 Å². The summed E-state index contributed by atoms with van der Waals surface area (Å²) in [6.45, 7) is 6.36. The van der Waals surface area contributed by atoms with Gasteiger partial charge in [-0.05, 0) is 50.0 Å². The van der Waals surface area contributed by atoms with Gasteiger partial charge in [0, 0.05) is 45.7 Å². The van der Waals surface area contributed by atoms with E-state index in [9.17, 15) is 9.59 Å². The first kappa shape index (κ1) is 21.4. The number of amides is 2. The topological polar surface area (TPSA) is 52.7 Å². The fourth-order valence-corrected chi connectivity index (χ4v) is 5.75. The zero-order valence-electron chi connectivity index (χ0n) is 18.4. The largest absolute Gasteiger partial charge is 0.352 e. The monoisotopic (exact) mass is 411 g/mol. The first-order valence-corrected chi connectivity index (χ1v) is 11.9. The molecule has 1 saturated carbocycles. The zero-order valence-corrected chi connectivity index (χ0v) is 18.4. The van der Waals surface area contributed by atoms with Gasteiger partial charge in [0.25, 0.3) is 0 Å². The van der Waals surface area contributed by atoms with E-state index >= 15 is 0 Å². The van der Waals surface area contributed by atoms with Crippen LogP contribution in [0.15, 0.2) is 30.3 Å². The molecule has 3 aliphatic rings. The van der Waals surface area contributed by atoms with Crippen LogP contribution >= 0.6 is 0 Å². The number of carbonyl (C=O) groups excluding carboxylic acids is 2. The minimum absolute atomic E-state index is 0.103. The van der Waals surface area contributed by atoms with Gasteiger partial charge >= 0.3 is 0 Å². The molecule has 2 amide bonds. The highest BCUT2D eigenvalue weighted by molar-refractivity contribution is 5.89. The lowest BCUT2D eigenvalue weighted by Crippen LogP contribution is -2.55. The normalized spacial score (nSPS) is 23.4. The Morgan fingerprint density at radius 3 is 2.20 bits per heavy atom. The van der Waals surface area contributed by atoms with E-state index in [1.54, 1.807) is 6.92 Å². The van der Waals surface area contributed by atoms with Crippen LogP contribution < -0.4 is 5.32 Å². The van der Waals surface area contributed by atoms with E-state index < -0.39 is 5.41 Å². The maximum atomic E-state index is 13.6. The Bertz CT molecular complexity index is 713. The number of nitrogens with one attached hydrogen (secondary N) is 1. The second-order valence-corrected chi connectivity index (χ2v) is 9.65. The van der Waals surface area contributed by atoms with Gasteiger partial charge in [-0.3, -0.25) is 9.59 Å². The quantitative estimate of drug-likeness (QED) is 0.809. The molecule has 0 unspecified atom stereocenters. The fourth-order valence-electron chi connectivity index (χ4n) is 5.75. The fraction of sp³-hybridized carbons (Fsp3) is 0.680. The van der Waals surface area contributed by atoms with Gasteiger partial charge in [-0.25, -0.2) is 0 Å². The zero-order chi connectivity index (χ0) is 21.0. The number of likely N-dealkylation sites (tertiary alicyclic amines) is 2. The average Bonchev–Trinajstić information content (AvgIpc) is 3.29. The van der Waals surface area contributed by atoms with Crippen molar-refractivity contribution in [2.75, 3.05) is 32.7 Å². The number of hydrogen-bond donors (Lipinski definition) is 1. The molecule has 5 heteroatoms. The standard InChI is InChI=1S/C25H37N3O2/c1-20(29)28-17-13-25(14-18-28,22-9-3-2-4-10-22)24(30)26-23-11-15-27(16-12-23)19-21-7-5-6-8-21/h2-4,9-10,21,23H,5-8,11-19H2,1H3,(H,26,30). The summed E-state index contributed by atoms with van der Waals surface area (Å²) in [5.41, 5.74) is 0.568. The summed E-state index contributed by atoms with van der Waals surface area (Å²) in [6, 6.07) is 10.5. The highest BCUT2D eigenvalue weighted by Crippen LogP contribution is 2.36. The third-order valence-corrected chi connectivity index (χ3v) is 7.74. The van der Waals surface area contributed by atoms with Crippen LogP contribution in [0.25, 0.3) is 0 Å². The maximum Gasteiger partial charge on any atom is 0.231 e. The molecular formula is C25H37N3O2. The van der Waals surface area contributed by atoms with Crippen molar-refractivity contribution in [3.63, 3.8) is 0 Å². The third-order valence-electron chi connectivity index (χ3n) is 7.74. The number of piperidine rings is 2. The lowest BCUT2D eigenvalue weighted by molar-refractivity contribution is -0.136. The summed E-state index contributed by atoms with van der Waals surface area (Å²) in [5, 5.41) is 3.42. The number of carbonyl (C=O) groups is 2. The molecule has 1 aromatic carbocycles. The Morgan fingerprint density at radius 1 is 0.967 bits per heavy atom. The molecular weight excluding hydrogens is 374 g/mol. The van der Waals surface area contributed by atoms with Crippen LogP contribution in [0.1, 0.15) is 63.9 Å². The first-order chi connectivity index (χ1) is 14.6. The van der Waals surface area contributed by atoms with E-state index in [4.69, 9.17) is 0 Å². The number of hydrogen-bond acceptors (Lipinski definition) is 3. The predicted octanol–water partition coefficient (Wildman–Crippen LogP) is 3.34. The summed E-state index contributed by atoms with van der Waals surface area (Å²) in [7, 11) is 0. The number of rotatable bonds is 5. The van der Waals surface area contributed by atoms with Crippen LogP contribution in [0.5, 0.6) is 0 Å². The maximum absolute atomic E-state index is 13.6. The van der Waals surface area contributed by atoms with Gasteiger partial charge in [0.1, 0.15) is 0 Å². The van der Waals surface area contributed by atoms with Gasteiger partial charge in [-0.1, -0.05) is 43.2 Å². The van der Waals surface area contributed by atoms with Gasteiger partial charge < -0.3 is 15.1 Å². The van der Waals surface area contributed by atoms with Gasteiger partial charge in [-0.2, -0.15) is 0 Å². The van der Waals surface area contributed by atoms with Crippen LogP contribution in [-0.4, -0.2) is 60.4 Å². The predicted molar refractivity (Wildman–Crippen MR) is 119 cm³/mol. The lowest BCUT2D eigenvalue weighted by atomic mass is 9.71. The highest BCUT2D eigenvalue weighted by atomic mass is 16.2. The molecule has 0 spiro atoms. The van der Waals surface area contributed by atoms with Gasteiger partial charge in [-0.15, -0.1) is 0 Å². The van der Waals surface area contributed by atoms with E-state index in [-0.39, 0.29) is 17.9 Å². The minimum atomic E-state index is -0.520. The van der Waals surface area contributed by atoms with Crippen molar-refractivity contribution in [1.82, 2.24) is 15.1 Å². The molecule has 0 atom stereocenters.